The lowest BCUT2D eigenvalue weighted by Gasteiger charge is -2.32. The Bertz CT molecular complexity index is 849. The summed E-state index contributed by atoms with van der Waals surface area (Å²) >= 11 is 0. The van der Waals surface area contributed by atoms with Gasteiger partial charge in [0.2, 0.25) is 0 Å². The van der Waals surface area contributed by atoms with Crippen molar-refractivity contribution in [1.29, 1.82) is 0 Å². The van der Waals surface area contributed by atoms with E-state index in [0.29, 0.717) is 19.8 Å². The number of nitrogens with one attached hydrogen (secondary N) is 2. The first-order valence-electron chi connectivity index (χ1n) is 9.73. The molecule has 27 heavy (non-hydrogen) atoms. The van der Waals surface area contributed by atoms with Crippen LogP contribution in [0.4, 0.5) is 5.69 Å². The summed E-state index contributed by atoms with van der Waals surface area (Å²) in [5, 5.41) is 3.03. The molecular formula is C22H27N2O3+. The van der Waals surface area contributed by atoms with Crippen LogP contribution in [0.15, 0.2) is 36.4 Å². The normalized spacial score (nSPS) is 21.1. The highest BCUT2D eigenvalue weighted by molar-refractivity contribution is 5.91. The lowest BCUT2D eigenvalue weighted by molar-refractivity contribution is -0.924. The molecule has 2 aromatic carbocycles. The van der Waals surface area contributed by atoms with Gasteiger partial charge in [-0.25, -0.2) is 0 Å². The number of fused-ring (bicyclic) bond motifs is 2. The van der Waals surface area contributed by atoms with Crippen molar-refractivity contribution in [3.05, 3.63) is 53.1 Å². The molecule has 0 aliphatic carbocycles. The van der Waals surface area contributed by atoms with Crippen molar-refractivity contribution < 1.29 is 19.2 Å². The molecule has 5 nitrogen and oxygen atoms in total. The third-order valence-electron chi connectivity index (χ3n) is 5.49. The number of quaternary nitrogens is 1. The zero-order valence-electron chi connectivity index (χ0n) is 16.0. The number of benzene rings is 2. The van der Waals surface area contributed by atoms with E-state index in [2.05, 4.69) is 24.4 Å². The van der Waals surface area contributed by atoms with Crippen molar-refractivity contribution in [3.63, 3.8) is 0 Å². The molecule has 0 saturated carbocycles. The molecule has 142 valence electrons. The van der Waals surface area contributed by atoms with E-state index in [-0.39, 0.29) is 11.9 Å². The van der Waals surface area contributed by atoms with E-state index in [4.69, 9.17) is 9.47 Å². The van der Waals surface area contributed by atoms with Crippen molar-refractivity contribution >= 4 is 11.6 Å². The number of anilines is 1. The van der Waals surface area contributed by atoms with Crippen molar-refractivity contribution in [2.45, 2.75) is 32.7 Å². The summed E-state index contributed by atoms with van der Waals surface area (Å²) in [6.07, 6.45) is 1.86. The number of carbonyl (C=O) groups is 1. The fourth-order valence-electron chi connectivity index (χ4n) is 3.99. The van der Waals surface area contributed by atoms with E-state index in [1.165, 1.54) is 16.0 Å². The van der Waals surface area contributed by atoms with Crippen LogP contribution in [0.3, 0.4) is 0 Å². The smallest absolute Gasteiger partial charge is 0.279 e. The Labute approximate surface area is 160 Å². The van der Waals surface area contributed by atoms with E-state index in [9.17, 15) is 4.79 Å². The van der Waals surface area contributed by atoms with Gasteiger partial charge in [0, 0.05) is 24.1 Å². The topological polar surface area (TPSA) is 52.0 Å². The zero-order valence-corrected chi connectivity index (χ0v) is 16.0. The molecule has 0 fully saturated rings. The van der Waals surface area contributed by atoms with Gasteiger partial charge < -0.3 is 19.7 Å². The number of aryl methyl sites for hydroxylation is 1. The molecule has 1 unspecified atom stereocenters. The number of amides is 1. The second kappa shape index (κ2) is 7.61. The maximum absolute atomic E-state index is 12.6. The van der Waals surface area contributed by atoms with E-state index < -0.39 is 0 Å². The van der Waals surface area contributed by atoms with Gasteiger partial charge in [0.25, 0.3) is 5.91 Å². The van der Waals surface area contributed by atoms with Crippen LogP contribution < -0.4 is 19.7 Å². The van der Waals surface area contributed by atoms with Crippen LogP contribution in [0, 0.1) is 6.92 Å². The van der Waals surface area contributed by atoms with Crippen LogP contribution in [0.2, 0.25) is 0 Å². The summed E-state index contributed by atoms with van der Waals surface area (Å²) in [6.45, 7) is 7.02. The maximum atomic E-state index is 12.6. The Hall–Kier alpha value is -2.53. The van der Waals surface area contributed by atoms with Crippen molar-refractivity contribution in [2.75, 3.05) is 31.6 Å². The number of hydrogen-bond donors (Lipinski definition) is 2. The maximum Gasteiger partial charge on any atom is 0.279 e. The second-order valence-electron chi connectivity index (χ2n) is 7.52. The number of rotatable bonds is 3. The molecule has 2 aliphatic rings. The number of carbonyl (C=O) groups excluding carboxylic acids is 1. The molecule has 2 N–H and O–H groups in total. The molecule has 4 rings (SSSR count). The van der Waals surface area contributed by atoms with Gasteiger partial charge in [-0.05, 0) is 49.2 Å². The van der Waals surface area contributed by atoms with Crippen LogP contribution in [0.5, 0.6) is 11.5 Å². The molecule has 0 radical (unpaired) electrons. The summed E-state index contributed by atoms with van der Waals surface area (Å²) < 4.78 is 11.7. The largest absolute Gasteiger partial charge is 0.490 e. The third kappa shape index (κ3) is 3.93. The minimum absolute atomic E-state index is 0.0558. The Kier molecular flexibility index (Phi) is 5.03. The molecule has 0 saturated heterocycles. The van der Waals surface area contributed by atoms with Gasteiger partial charge in [0.1, 0.15) is 6.04 Å². The molecule has 0 aromatic heterocycles. The SMILES string of the molecule is Cc1cccc(NC(=O)C[NH+]2CCc3cc4c(cc3[C@@H]2C)OCCCO4)c1. The van der Waals surface area contributed by atoms with Crippen LogP contribution in [-0.4, -0.2) is 32.2 Å². The zero-order chi connectivity index (χ0) is 18.8. The summed E-state index contributed by atoms with van der Waals surface area (Å²) in [5.41, 5.74) is 4.59. The lowest BCUT2D eigenvalue weighted by Crippen LogP contribution is -3.14. The fourth-order valence-corrected chi connectivity index (χ4v) is 3.99. The molecule has 0 bridgehead atoms. The van der Waals surface area contributed by atoms with Gasteiger partial charge in [-0.1, -0.05) is 12.1 Å². The third-order valence-corrected chi connectivity index (χ3v) is 5.49. The predicted octanol–water partition coefficient (Wildman–Crippen LogP) is 2.30. The minimum atomic E-state index is 0.0558. The van der Waals surface area contributed by atoms with E-state index in [1.807, 2.05) is 31.2 Å². The molecule has 2 atom stereocenters. The van der Waals surface area contributed by atoms with Crippen LogP contribution in [0.1, 0.15) is 36.1 Å². The average Bonchev–Trinajstić information content (AvgIpc) is 2.87. The monoisotopic (exact) mass is 367 g/mol. The van der Waals surface area contributed by atoms with Gasteiger partial charge in [-0.3, -0.25) is 4.79 Å². The Morgan fingerprint density at radius 1 is 1.19 bits per heavy atom. The summed E-state index contributed by atoms with van der Waals surface area (Å²) in [4.78, 5) is 13.8. The van der Waals surface area contributed by atoms with Gasteiger partial charge in [-0.2, -0.15) is 0 Å². The van der Waals surface area contributed by atoms with Crippen molar-refractivity contribution in [1.82, 2.24) is 0 Å². The van der Waals surface area contributed by atoms with Crippen LogP contribution >= 0.6 is 0 Å². The van der Waals surface area contributed by atoms with Gasteiger partial charge >= 0.3 is 0 Å². The summed E-state index contributed by atoms with van der Waals surface area (Å²) in [6, 6.07) is 12.4. The first kappa shape index (κ1) is 17.9. The van der Waals surface area contributed by atoms with E-state index in [1.54, 1.807) is 0 Å². The number of ether oxygens (including phenoxy) is 2. The molecule has 2 heterocycles. The van der Waals surface area contributed by atoms with Crippen LogP contribution in [-0.2, 0) is 11.2 Å². The molecule has 2 aliphatic heterocycles. The molecule has 0 spiro atoms. The van der Waals surface area contributed by atoms with Crippen molar-refractivity contribution in [3.8, 4) is 11.5 Å². The average molecular weight is 367 g/mol. The molecular weight excluding hydrogens is 340 g/mol. The van der Waals surface area contributed by atoms with E-state index >= 15 is 0 Å². The highest BCUT2D eigenvalue weighted by atomic mass is 16.5. The van der Waals surface area contributed by atoms with Gasteiger partial charge in [-0.15, -0.1) is 0 Å². The highest BCUT2D eigenvalue weighted by Gasteiger charge is 2.31. The highest BCUT2D eigenvalue weighted by Crippen LogP contribution is 2.35. The molecule has 2 aromatic rings. The quantitative estimate of drug-likeness (QED) is 0.875. The lowest BCUT2D eigenvalue weighted by atomic mass is 9.93. The standard InChI is InChI=1S/C22H26N2O3/c1-15-5-3-6-18(11-15)23-22(25)14-24-8-7-17-12-20-21(13-19(17)16(24)2)27-10-4-9-26-20/h3,5-6,11-13,16H,4,7-10,14H2,1-2H3,(H,23,25)/p+1/t16-/m0/s1. The predicted molar refractivity (Wildman–Crippen MR) is 105 cm³/mol. The first-order valence-corrected chi connectivity index (χ1v) is 9.73. The Balaban J connectivity index is 1.47. The Morgan fingerprint density at radius 3 is 2.74 bits per heavy atom. The minimum Gasteiger partial charge on any atom is -0.490 e. The van der Waals surface area contributed by atoms with Gasteiger partial charge in [0.15, 0.2) is 18.0 Å². The molecule has 5 heteroatoms. The fraction of sp³-hybridized carbons (Fsp3) is 0.409. The number of hydrogen-bond acceptors (Lipinski definition) is 3. The second-order valence-corrected chi connectivity index (χ2v) is 7.52. The van der Waals surface area contributed by atoms with Gasteiger partial charge in [0.05, 0.1) is 19.8 Å². The van der Waals surface area contributed by atoms with E-state index in [0.717, 1.165) is 42.1 Å². The van der Waals surface area contributed by atoms with Crippen molar-refractivity contribution in [2.24, 2.45) is 0 Å². The summed E-state index contributed by atoms with van der Waals surface area (Å²) in [5.74, 6) is 1.75. The van der Waals surface area contributed by atoms with Crippen LogP contribution in [0.25, 0.3) is 0 Å². The molecule has 1 amide bonds. The summed E-state index contributed by atoms with van der Waals surface area (Å²) in [7, 11) is 0. The first-order chi connectivity index (χ1) is 13.1. The Morgan fingerprint density at radius 2 is 1.96 bits per heavy atom.